The number of amides is 1. The average molecular weight is 478 g/mol. The summed E-state index contributed by atoms with van der Waals surface area (Å²) in [6.07, 6.45) is 6.65. The van der Waals surface area contributed by atoms with Gasteiger partial charge in [0.05, 0.1) is 17.9 Å². The van der Waals surface area contributed by atoms with E-state index in [0.29, 0.717) is 35.7 Å². The summed E-state index contributed by atoms with van der Waals surface area (Å²) in [5, 5.41) is 11.8. The topological polar surface area (TPSA) is 84.7 Å². The lowest BCUT2D eigenvalue weighted by molar-refractivity contribution is -0.139. The van der Waals surface area contributed by atoms with Crippen molar-refractivity contribution in [3.05, 3.63) is 88.5 Å². The van der Waals surface area contributed by atoms with Gasteiger partial charge in [0, 0.05) is 42.5 Å². The zero-order valence-electron chi connectivity index (χ0n) is 18.6. The van der Waals surface area contributed by atoms with Crippen molar-refractivity contribution in [2.24, 2.45) is 0 Å². The van der Waals surface area contributed by atoms with Crippen LogP contribution in [0.4, 0.5) is 0 Å². The minimum absolute atomic E-state index is 0.0555. The van der Waals surface area contributed by atoms with E-state index in [-0.39, 0.29) is 17.4 Å². The van der Waals surface area contributed by atoms with E-state index in [1.807, 2.05) is 29.8 Å². The number of rotatable bonds is 6. The number of aryl methyl sites for hydroxylation is 1. The normalized spacial score (nSPS) is 21.1. The molecule has 2 aromatic carbocycles. The molecule has 2 atom stereocenters. The van der Waals surface area contributed by atoms with E-state index in [4.69, 9.17) is 16.3 Å². The number of likely N-dealkylation sites (tertiary alicyclic amines) is 1. The van der Waals surface area contributed by atoms with Gasteiger partial charge in [-0.1, -0.05) is 23.7 Å². The largest absolute Gasteiger partial charge is 0.507 e. The summed E-state index contributed by atoms with van der Waals surface area (Å²) in [5.41, 5.74) is 2.20. The zero-order valence-corrected chi connectivity index (χ0v) is 19.4. The van der Waals surface area contributed by atoms with E-state index in [0.717, 1.165) is 17.7 Å². The number of nitrogens with zero attached hydrogens (tertiary/aromatic N) is 3. The Morgan fingerprint density at radius 1 is 1.21 bits per heavy atom. The van der Waals surface area contributed by atoms with Gasteiger partial charge in [-0.25, -0.2) is 4.98 Å². The van der Waals surface area contributed by atoms with E-state index < -0.39 is 17.7 Å². The minimum atomic E-state index is -0.732. The Morgan fingerprint density at radius 2 is 2.06 bits per heavy atom. The first-order chi connectivity index (χ1) is 16.4. The number of aromatic nitrogens is 2. The molecular formula is C26H24ClN3O4. The van der Waals surface area contributed by atoms with Crippen LogP contribution in [-0.4, -0.2) is 43.9 Å². The van der Waals surface area contributed by atoms with Gasteiger partial charge in [-0.2, -0.15) is 0 Å². The number of benzene rings is 2. The van der Waals surface area contributed by atoms with Crippen LogP contribution >= 0.6 is 11.6 Å². The number of hydrogen-bond donors (Lipinski definition) is 1. The number of aliphatic hydroxyl groups is 1. The molecule has 0 spiro atoms. The van der Waals surface area contributed by atoms with E-state index in [1.54, 1.807) is 42.9 Å². The standard InChI is InChI=1S/C26H24ClN3O4/c1-16-12-19-13-18(6-7-21(19)34-16)24(31)22-23(17-4-2-5-20(27)14-17)30(26(33)25(22)32)10-3-9-29-11-8-28-15-29/h2,4-8,11,13-16,23,31H,3,9-10,12H2,1H3/t16-,23+/m1/s1. The van der Waals surface area contributed by atoms with Crippen LogP contribution < -0.4 is 4.74 Å². The fraction of sp³-hybridized carbons (Fsp3) is 0.269. The quantitative estimate of drug-likeness (QED) is 0.324. The molecule has 1 saturated heterocycles. The van der Waals surface area contributed by atoms with Crippen LogP contribution in [0.5, 0.6) is 5.75 Å². The molecule has 174 valence electrons. The van der Waals surface area contributed by atoms with Crippen molar-refractivity contribution in [1.29, 1.82) is 0 Å². The van der Waals surface area contributed by atoms with Gasteiger partial charge >= 0.3 is 0 Å². The highest BCUT2D eigenvalue weighted by Gasteiger charge is 2.46. The fourth-order valence-corrected chi connectivity index (χ4v) is 4.90. The molecule has 7 nitrogen and oxygen atoms in total. The van der Waals surface area contributed by atoms with Crippen LogP contribution in [0, 0.1) is 0 Å². The number of carbonyl (C=O) groups is 2. The van der Waals surface area contributed by atoms with Crippen LogP contribution in [0.2, 0.25) is 5.02 Å². The van der Waals surface area contributed by atoms with Gasteiger partial charge in [-0.05, 0) is 54.8 Å². The summed E-state index contributed by atoms with van der Waals surface area (Å²) in [7, 11) is 0. The number of hydrogen-bond acceptors (Lipinski definition) is 5. The molecular weight excluding hydrogens is 454 g/mol. The molecule has 34 heavy (non-hydrogen) atoms. The highest BCUT2D eigenvalue weighted by molar-refractivity contribution is 6.46. The summed E-state index contributed by atoms with van der Waals surface area (Å²) in [6.45, 7) is 2.97. The van der Waals surface area contributed by atoms with Crippen molar-refractivity contribution < 1.29 is 19.4 Å². The van der Waals surface area contributed by atoms with Crippen LogP contribution in [0.3, 0.4) is 0 Å². The first-order valence-electron chi connectivity index (χ1n) is 11.2. The molecule has 0 aliphatic carbocycles. The second kappa shape index (κ2) is 8.99. The van der Waals surface area contributed by atoms with Gasteiger partial charge in [-0.3, -0.25) is 9.59 Å². The Kier molecular flexibility index (Phi) is 5.87. The van der Waals surface area contributed by atoms with Crippen molar-refractivity contribution in [2.45, 2.75) is 38.5 Å². The molecule has 1 amide bonds. The fourth-order valence-electron chi connectivity index (χ4n) is 4.70. The van der Waals surface area contributed by atoms with E-state index in [9.17, 15) is 14.7 Å². The number of imidazole rings is 1. The Balaban J connectivity index is 1.53. The van der Waals surface area contributed by atoms with Gasteiger partial charge in [0.25, 0.3) is 11.7 Å². The van der Waals surface area contributed by atoms with Crippen LogP contribution in [-0.2, 0) is 22.6 Å². The van der Waals surface area contributed by atoms with Gasteiger partial charge in [0.2, 0.25) is 0 Å². The zero-order chi connectivity index (χ0) is 23.8. The van der Waals surface area contributed by atoms with E-state index in [1.165, 1.54) is 4.90 Å². The molecule has 1 N–H and O–H groups in total. The van der Waals surface area contributed by atoms with Crippen LogP contribution in [0.25, 0.3) is 5.76 Å². The number of halogens is 1. The van der Waals surface area contributed by atoms with Crippen molar-refractivity contribution in [3.63, 3.8) is 0 Å². The Labute approximate surface area is 202 Å². The van der Waals surface area contributed by atoms with Gasteiger partial charge in [0.15, 0.2) is 0 Å². The highest BCUT2D eigenvalue weighted by atomic mass is 35.5. The second-order valence-corrected chi connectivity index (χ2v) is 9.09. The summed E-state index contributed by atoms with van der Waals surface area (Å²) in [4.78, 5) is 31.9. The van der Waals surface area contributed by atoms with Crippen LogP contribution in [0.1, 0.15) is 36.1 Å². The molecule has 8 heteroatoms. The smallest absolute Gasteiger partial charge is 0.295 e. The van der Waals surface area contributed by atoms with Crippen molar-refractivity contribution >= 4 is 29.1 Å². The van der Waals surface area contributed by atoms with Crippen molar-refractivity contribution in [2.75, 3.05) is 6.54 Å². The molecule has 1 aromatic heterocycles. The predicted molar refractivity (Wildman–Crippen MR) is 128 cm³/mol. The lowest BCUT2D eigenvalue weighted by Crippen LogP contribution is -2.31. The van der Waals surface area contributed by atoms with Crippen LogP contribution in [0.15, 0.2) is 66.8 Å². The van der Waals surface area contributed by atoms with Crippen molar-refractivity contribution in [3.8, 4) is 5.75 Å². The summed E-state index contributed by atoms with van der Waals surface area (Å²) < 4.78 is 7.67. The summed E-state index contributed by atoms with van der Waals surface area (Å²) in [6, 6.07) is 11.7. The Morgan fingerprint density at radius 3 is 2.82 bits per heavy atom. The van der Waals surface area contributed by atoms with E-state index in [2.05, 4.69) is 4.98 Å². The minimum Gasteiger partial charge on any atom is -0.507 e. The third kappa shape index (κ3) is 4.07. The molecule has 0 saturated carbocycles. The number of fused-ring (bicyclic) bond motifs is 1. The Hall–Kier alpha value is -3.58. The lowest BCUT2D eigenvalue weighted by atomic mass is 9.94. The maximum absolute atomic E-state index is 13.2. The molecule has 3 aromatic rings. The van der Waals surface area contributed by atoms with Gasteiger partial charge < -0.3 is 19.3 Å². The number of Topliss-reactive ketones (excluding diaryl/α,β-unsaturated/α-hetero) is 1. The average Bonchev–Trinajstić information content (AvgIpc) is 3.52. The molecule has 0 unspecified atom stereocenters. The lowest BCUT2D eigenvalue weighted by Gasteiger charge is -2.25. The summed E-state index contributed by atoms with van der Waals surface area (Å²) >= 11 is 6.25. The molecule has 5 rings (SSSR count). The number of carbonyl (C=O) groups excluding carboxylic acids is 2. The van der Waals surface area contributed by atoms with Crippen molar-refractivity contribution in [1.82, 2.24) is 14.5 Å². The SMILES string of the molecule is C[C@@H]1Cc2cc(C(O)=C3C(=O)C(=O)N(CCCn4ccnc4)[C@H]3c3cccc(Cl)c3)ccc2O1. The third-order valence-electron chi connectivity index (χ3n) is 6.25. The number of ketones is 1. The van der Waals surface area contributed by atoms with E-state index >= 15 is 0 Å². The molecule has 0 radical (unpaired) electrons. The number of aliphatic hydroxyl groups excluding tert-OH is 1. The molecule has 0 bridgehead atoms. The molecule has 2 aliphatic heterocycles. The van der Waals surface area contributed by atoms with Gasteiger partial charge in [0.1, 0.15) is 17.6 Å². The third-order valence-corrected chi connectivity index (χ3v) is 6.48. The second-order valence-electron chi connectivity index (χ2n) is 8.66. The first-order valence-corrected chi connectivity index (χ1v) is 11.6. The first kappa shape index (κ1) is 22.2. The maximum Gasteiger partial charge on any atom is 0.295 e. The van der Waals surface area contributed by atoms with Gasteiger partial charge in [-0.15, -0.1) is 0 Å². The molecule has 3 heterocycles. The monoisotopic (exact) mass is 477 g/mol. The summed E-state index contributed by atoms with van der Waals surface area (Å²) in [5.74, 6) is -0.747. The Bertz CT molecular complexity index is 1280. The molecule has 2 aliphatic rings. The maximum atomic E-state index is 13.2. The predicted octanol–water partition coefficient (Wildman–Crippen LogP) is 4.37. The number of ether oxygens (including phenoxy) is 1. The molecule has 1 fully saturated rings. The highest BCUT2D eigenvalue weighted by Crippen LogP contribution is 2.41.